The molecule has 2 amide bonds. The smallest absolute Gasteiger partial charge is 0.407 e. The third-order valence-corrected chi connectivity index (χ3v) is 3.16. The van der Waals surface area contributed by atoms with Gasteiger partial charge in [0.25, 0.3) is 5.91 Å². The number of alkyl carbamates (subject to hydrolysis) is 1. The molecule has 0 atom stereocenters. The molecule has 1 rings (SSSR count). The fourth-order valence-corrected chi connectivity index (χ4v) is 1.96. The summed E-state index contributed by atoms with van der Waals surface area (Å²) in [6.07, 6.45) is 3.61. The van der Waals surface area contributed by atoms with Crippen LogP contribution in [0.2, 0.25) is 0 Å². The second-order valence-corrected chi connectivity index (χ2v) is 6.61. The van der Waals surface area contributed by atoms with Crippen molar-refractivity contribution in [1.82, 2.24) is 15.2 Å². The van der Waals surface area contributed by atoms with Crippen molar-refractivity contribution in [3.63, 3.8) is 0 Å². The van der Waals surface area contributed by atoms with Crippen LogP contribution in [-0.4, -0.2) is 35.3 Å². The summed E-state index contributed by atoms with van der Waals surface area (Å²) in [7, 11) is 1.61. The fraction of sp³-hybridized carbons (Fsp3) is 0.588. The summed E-state index contributed by atoms with van der Waals surface area (Å²) in [6, 6.07) is 2.89. The molecule has 134 valence electrons. The summed E-state index contributed by atoms with van der Waals surface area (Å²) >= 11 is 0. The number of hydrogen-bond acceptors (Lipinski definition) is 4. The number of hydrogen-bond donors (Lipinski definition) is 2. The maximum atomic E-state index is 11.9. The Morgan fingerprint density at radius 1 is 1.08 bits per heavy atom. The van der Waals surface area contributed by atoms with Crippen LogP contribution in [-0.2, 0) is 11.8 Å². The highest BCUT2D eigenvalue weighted by atomic mass is 16.6. The second kappa shape index (κ2) is 9.10. The molecule has 0 radical (unpaired) electrons. The number of aromatic nitrogens is 1. The van der Waals surface area contributed by atoms with Gasteiger partial charge in [-0.1, -0.05) is 0 Å². The Morgan fingerprint density at radius 3 is 2.29 bits per heavy atom. The van der Waals surface area contributed by atoms with Crippen LogP contribution in [0.4, 0.5) is 4.79 Å². The van der Waals surface area contributed by atoms with Crippen molar-refractivity contribution in [2.45, 2.75) is 45.6 Å². The molecule has 0 aliphatic carbocycles. The maximum Gasteiger partial charge on any atom is 0.407 e. The first kappa shape index (κ1) is 19.7. The van der Waals surface area contributed by atoms with E-state index in [2.05, 4.69) is 10.6 Å². The zero-order valence-corrected chi connectivity index (χ0v) is 14.8. The maximum absolute atomic E-state index is 11.9. The van der Waals surface area contributed by atoms with Crippen LogP contribution in [0, 0.1) is 0 Å². The van der Waals surface area contributed by atoms with Crippen LogP contribution in [0.1, 0.15) is 50.4 Å². The van der Waals surface area contributed by atoms with Gasteiger partial charge in [0.15, 0.2) is 0 Å². The molecular formula is C17H27N3O4. The average Bonchev–Trinajstić information content (AvgIpc) is 2.47. The minimum absolute atomic E-state index is 0.149. The predicted molar refractivity (Wildman–Crippen MR) is 92.1 cm³/mol. The van der Waals surface area contributed by atoms with E-state index in [1.54, 1.807) is 7.05 Å². The largest absolute Gasteiger partial charge is 0.444 e. The minimum atomic E-state index is -0.491. The Bertz CT molecular complexity index is 617. The predicted octanol–water partition coefficient (Wildman–Crippen LogP) is 1.81. The molecule has 7 heteroatoms. The normalized spacial score (nSPS) is 11.0. The van der Waals surface area contributed by atoms with Gasteiger partial charge in [0.05, 0.1) is 5.56 Å². The first-order valence-corrected chi connectivity index (χ1v) is 8.11. The summed E-state index contributed by atoms with van der Waals surface area (Å²) in [5, 5.41) is 5.51. The van der Waals surface area contributed by atoms with Gasteiger partial charge in [-0.2, -0.15) is 0 Å². The molecule has 0 aliphatic rings. The summed E-state index contributed by atoms with van der Waals surface area (Å²) in [6.45, 7) is 6.55. The standard InChI is InChI=1S/C17H27N3O4/c1-17(2,3)24-16(23)19-11-7-5-6-10-18-15(22)13-8-9-14(21)20(4)12-13/h8-9,12H,5-7,10-11H2,1-4H3,(H,18,22)(H,19,23). The first-order chi connectivity index (χ1) is 11.2. The van der Waals surface area contributed by atoms with Crippen molar-refractivity contribution in [3.8, 4) is 0 Å². The van der Waals surface area contributed by atoms with Gasteiger partial charge < -0.3 is 19.9 Å². The van der Waals surface area contributed by atoms with Gasteiger partial charge in [0, 0.05) is 32.4 Å². The average molecular weight is 337 g/mol. The molecule has 0 aromatic carbocycles. The quantitative estimate of drug-likeness (QED) is 0.743. The second-order valence-electron chi connectivity index (χ2n) is 6.61. The zero-order chi connectivity index (χ0) is 18.2. The van der Waals surface area contributed by atoms with Gasteiger partial charge in [-0.05, 0) is 46.1 Å². The molecule has 0 bridgehead atoms. The van der Waals surface area contributed by atoms with Crippen molar-refractivity contribution >= 4 is 12.0 Å². The van der Waals surface area contributed by atoms with Crippen molar-refractivity contribution < 1.29 is 14.3 Å². The van der Waals surface area contributed by atoms with Crippen LogP contribution in [0.25, 0.3) is 0 Å². The van der Waals surface area contributed by atoms with Crippen LogP contribution < -0.4 is 16.2 Å². The van der Waals surface area contributed by atoms with Crippen LogP contribution in [0.15, 0.2) is 23.1 Å². The van der Waals surface area contributed by atoms with E-state index < -0.39 is 11.7 Å². The number of carbonyl (C=O) groups is 2. The monoisotopic (exact) mass is 337 g/mol. The van der Waals surface area contributed by atoms with E-state index in [1.165, 1.54) is 22.9 Å². The number of nitrogens with one attached hydrogen (secondary N) is 2. The number of nitrogens with zero attached hydrogens (tertiary/aromatic N) is 1. The van der Waals surface area contributed by atoms with Crippen molar-refractivity contribution in [3.05, 3.63) is 34.2 Å². The molecule has 0 saturated heterocycles. The summed E-state index contributed by atoms with van der Waals surface area (Å²) in [5.74, 6) is -0.197. The summed E-state index contributed by atoms with van der Waals surface area (Å²) in [5.41, 5.74) is -0.178. The van der Waals surface area contributed by atoms with Crippen LogP contribution >= 0.6 is 0 Å². The SMILES string of the molecule is Cn1cc(C(=O)NCCCCCNC(=O)OC(C)(C)C)ccc1=O. The zero-order valence-electron chi connectivity index (χ0n) is 14.8. The van der Waals surface area contributed by atoms with Gasteiger partial charge in [-0.15, -0.1) is 0 Å². The first-order valence-electron chi connectivity index (χ1n) is 8.11. The number of carbonyl (C=O) groups excluding carboxylic acids is 2. The lowest BCUT2D eigenvalue weighted by Crippen LogP contribution is -2.33. The molecule has 0 aliphatic heterocycles. The molecule has 0 unspecified atom stereocenters. The van der Waals surface area contributed by atoms with Crippen molar-refractivity contribution in [2.24, 2.45) is 7.05 Å². The fourth-order valence-electron chi connectivity index (χ4n) is 1.96. The molecule has 0 fully saturated rings. The van der Waals surface area contributed by atoms with Crippen molar-refractivity contribution in [1.29, 1.82) is 0 Å². The van der Waals surface area contributed by atoms with Crippen LogP contribution in [0.5, 0.6) is 0 Å². The summed E-state index contributed by atoms with van der Waals surface area (Å²) < 4.78 is 6.50. The summed E-state index contributed by atoms with van der Waals surface area (Å²) in [4.78, 5) is 34.6. The van der Waals surface area contributed by atoms with E-state index in [1.807, 2.05) is 20.8 Å². The minimum Gasteiger partial charge on any atom is -0.444 e. The highest BCUT2D eigenvalue weighted by molar-refractivity contribution is 5.93. The number of amides is 2. The van der Waals surface area contributed by atoms with Gasteiger partial charge >= 0.3 is 6.09 Å². The number of ether oxygens (including phenoxy) is 1. The Balaban J connectivity index is 2.14. The highest BCUT2D eigenvalue weighted by Gasteiger charge is 2.15. The van der Waals surface area contributed by atoms with Gasteiger partial charge in [0.2, 0.25) is 5.56 Å². The third-order valence-electron chi connectivity index (χ3n) is 3.16. The van der Waals surface area contributed by atoms with E-state index in [-0.39, 0.29) is 11.5 Å². The molecule has 2 N–H and O–H groups in total. The van der Waals surface area contributed by atoms with Crippen LogP contribution in [0.3, 0.4) is 0 Å². The highest BCUT2D eigenvalue weighted by Crippen LogP contribution is 2.06. The molecule has 0 saturated carbocycles. The molecule has 7 nitrogen and oxygen atoms in total. The van der Waals surface area contributed by atoms with Gasteiger partial charge in [-0.3, -0.25) is 9.59 Å². The van der Waals surface area contributed by atoms with Gasteiger partial charge in [-0.25, -0.2) is 4.79 Å². The Kier molecular flexibility index (Phi) is 7.48. The number of aryl methyl sites for hydroxylation is 1. The van der Waals surface area contributed by atoms with E-state index >= 15 is 0 Å². The Labute approximate surface area is 142 Å². The third kappa shape index (κ3) is 7.80. The molecule has 24 heavy (non-hydrogen) atoms. The van der Waals surface area contributed by atoms with E-state index in [0.29, 0.717) is 18.7 Å². The molecular weight excluding hydrogens is 310 g/mol. The number of rotatable bonds is 7. The molecule has 1 heterocycles. The van der Waals surface area contributed by atoms with Crippen molar-refractivity contribution in [2.75, 3.05) is 13.1 Å². The topological polar surface area (TPSA) is 89.4 Å². The van der Waals surface area contributed by atoms with E-state index in [0.717, 1.165) is 19.3 Å². The molecule has 0 spiro atoms. The van der Waals surface area contributed by atoms with Gasteiger partial charge in [0.1, 0.15) is 5.60 Å². The molecule has 1 aromatic heterocycles. The Morgan fingerprint density at radius 2 is 1.71 bits per heavy atom. The lowest BCUT2D eigenvalue weighted by atomic mass is 10.2. The van der Waals surface area contributed by atoms with E-state index in [4.69, 9.17) is 4.74 Å². The molecule has 1 aromatic rings. The lowest BCUT2D eigenvalue weighted by molar-refractivity contribution is 0.0527. The lowest BCUT2D eigenvalue weighted by Gasteiger charge is -2.19. The Hall–Kier alpha value is -2.31. The number of unbranched alkanes of at least 4 members (excludes halogenated alkanes) is 2. The van der Waals surface area contributed by atoms with E-state index in [9.17, 15) is 14.4 Å². The number of pyridine rings is 1.